The van der Waals surface area contributed by atoms with Crippen LogP contribution in [0.1, 0.15) is 29.9 Å². The normalized spacial score (nSPS) is 12.5. The molecule has 0 heterocycles. The van der Waals surface area contributed by atoms with Crippen molar-refractivity contribution in [3.63, 3.8) is 0 Å². The Morgan fingerprint density at radius 2 is 1.92 bits per heavy atom. The molecule has 0 aliphatic rings. The molecule has 0 aromatic heterocycles. The third-order valence-corrected chi connectivity index (χ3v) is 5.18. The lowest BCUT2D eigenvalue weighted by Gasteiger charge is -2.10. The lowest BCUT2D eigenvalue weighted by molar-refractivity contribution is 0.574. The lowest BCUT2D eigenvalue weighted by atomic mass is 9.96. The molecule has 2 aromatic rings. The van der Waals surface area contributed by atoms with Crippen LogP contribution in [0, 0.1) is 24.1 Å². The molecular weight excluding hydrogens is 327 g/mol. The summed E-state index contributed by atoms with van der Waals surface area (Å²) in [6, 6.07) is 14.7. The van der Waals surface area contributed by atoms with Crippen LogP contribution in [0.25, 0.3) is 0 Å². The van der Waals surface area contributed by atoms with Crippen molar-refractivity contribution in [2.75, 3.05) is 6.54 Å². The Morgan fingerprint density at radius 3 is 2.54 bits per heavy atom. The summed E-state index contributed by atoms with van der Waals surface area (Å²) in [7, 11) is -3.55. The third-order valence-electron chi connectivity index (χ3n) is 3.70. The Labute approximate surface area is 142 Å². The first kappa shape index (κ1) is 18.1. The second-order valence-corrected chi connectivity index (χ2v) is 7.36. The first-order valence-electron chi connectivity index (χ1n) is 7.64. The smallest absolute Gasteiger partial charge is 0.211 e. The fourth-order valence-corrected chi connectivity index (χ4v) is 3.42. The van der Waals surface area contributed by atoms with E-state index in [-0.39, 0.29) is 17.3 Å². The van der Waals surface area contributed by atoms with E-state index in [0.717, 1.165) is 5.56 Å². The van der Waals surface area contributed by atoms with Crippen molar-refractivity contribution in [3.8, 4) is 6.07 Å². The molecule has 0 saturated heterocycles. The second kappa shape index (κ2) is 8.04. The van der Waals surface area contributed by atoms with Gasteiger partial charge in [0.05, 0.1) is 16.9 Å². The number of halogens is 1. The zero-order chi connectivity index (χ0) is 17.6. The highest BCUT2D eigenvalue weighted by atomic mass is 32.2. The molecule has 1 N–H and O–H groups in total. The second-order valence-electron chi connectivity index (χ2n) is 5.59. The van der Waals surface area contributed by atoms with Crippen LogP contribution in [0.2, 0.25) is 0 Å². The van der Waals surface area contributed by atoms with E-state index in [2.05, 4.69) is 10.8 Å². The van der Waals surface area contributed by atoms with Crippen molar-refractivity contribution in [1.29, 1.82) is 5.26 Å². The van der Waals surface area contributed by atoms with Gasteiger partial charge in [0.1, 0.15) is 5.82 Å². The minimum absolute atomic E-state index is 0.218. The average molecular weight is 346 g/mol. The number of hydrogen-bond acceptors (Lipinski definition) is 3. The summed E-state index contributed by atoms with van der Waals surface area (Å²) in [5.41, 5.74) is 1.60. The van der Waals surface area contributed by atoms with Crippen LogP contribution in [0.15, 0.2) is 53.4 Å². The number of nitrogens with zero attached hydrogens (tertiary/aromatic N) is 1. The van der Waals surface area contributed by atoms with Gasteiger partial charge in [-0.2, -0.15) is 5.26 Å². The molecule has 0 aliphatic heterocycles. The molecule has 0 radical (unpaired) electrons. The van der Waals surface area contributed by atoms with Gasteiger partial charge in [-0.25, -0.2) is 17.5 Å². The molecule has 0 fully saturated rings. The fourth-order valence-electron chi connectivity index (χ4n) is 2.34. The monoisotopic (exact) mass is 346 g/mol. The number of aryl methyl sites for hydroxylation is 1. The predicted octanol–water partition coefficient (Wildman–Crippen LogP) is 3.50. The Balaban J connectivity index is 1.89. The molecule has 0 amide bonds. The van der Waals surface area contributed by atoms with E-state index in [0.29, 0.717) is 18.4 Å². The largest absolute Gasteiger partial charge is 0.240 e. The summed E-state index contributed by atoms with van der Waals surface area (Å²) < 4.78 is 40.0. The van der Waals surface area contributed by atoms with Crippen molar-refractivity contribution in [1.82, 2.24) is 4.72 Å². The number of benzene rings is 2. The summed E-state index contributed by atoms with van der Waals surface area (Å²) in [6.07, 6.45) is 0.941. The van der Waals surface area contributed by atoms with E-state index < -0.39 is 15.9 Å². The van der Waals surface area contributed by atoms with E-state index in [1.54, 1.807) is 36.4 Å². The van der Waals surface area contributed by atoms with Crippen LogP contribution in [-0.4, -0.2) is 15.0 Å². The van der Waals surface area contributed by atoms with E-state index in [9.17, 15) is 18.1 Å². The van der Waals surface area contributed by atoms with Gasteiger partial charge >= 0.3 is 0 Å². The molecule has 6 heteroatoms. The highest BCUT2D eigenvalue weighted by Gasteiger charge is 2.15. The van der Waals surface area contributed by atoms with E-state index in [4.69, 9.17) is 0 Å². The number of rotatable bonds is 7. The van der Waals surface area contributed by atoms with E-state index in [1.807, 2.05) is 6.92 Å². The molecule has 1 atom stereocenters. The maximum Gasteiger partial charge on any atom is 0.240 e. The summed E-state index contributed by atoms with van der Waals surface area (Å²) >= 11 is 0. The molecule has 2 aromatic carbocycles. The molecule has 126 valence electrons. The molecule has 0 saturated carbocycles. The van der Waals surface area contributed by atoms with Crippen LogP contribution in [0.3, 0.4) is 0 Å². The zero-order valence-corrected chi connectivity index (χ0v) is 14.2. The standard InChI is InChI=1S/C18H19FN2O2S/c1-14-7-9-18(10-8-14)24(22,23)21-11-3-5-16(13-20)15-4-2-6-17(19)12-15/h2,4,6-10,12,16,21H,3,5,11H2,1H3/t16-/m0/s1. The van der Waals surface area contributed by atoms with Gasteiger partial charge in [0, 0.05) is 6.54 Å². The Hall–Kier alpha value is -2.23. The number of nitrogens with one attached hydrogen (secondary N) is 1. The van der Waals surface area contributed by atoms with Gasteiger partial charge in [-0.05, 0) is 49.6 Å². The van der Waals surface area contributed by atoms with Gasteiger partial charge in [-0.1, -0.05) is 29.8 Å². The van der Waals surface area contributed by atoms with Gasteiger partial charge in [-0.15, -0.1) is 0 Å². The number of nitriles is 1. The topological polar surface area (TPSA) is 70.0 Å². The maximum atomic E-state index is 13.2. The van der Waals surface area contributed by atoms with Gasteiger partial charge in [0.15, 0.2) is 0 Å². The SMILES string of the molecule is Cc1ccc(S(=O)(=O)NCCC[C@@H](C#N)c2cccc(F)c2)cc1. The van der Waals surface area contributed by atoms with Gasteiger partial charge in [0.25, 0.3) is 0 Å². The maximum absolute atomic E-state index is 13.2. The molecule has 24 heavy (non-hydrogen) atoms. The highest BCUT2D eigenvalue weighted by molar-refractivity contribution is 7.89. The Kier molecular flexibility index (Phi) is 6.07. The summed E-state index contributed by atoms with van der Waals surface area (Å²) in [6.45, 7) is 2.11. The first-order valence-corrected chi connectivity index (χ1v) is 9.12. The van der Waals surface area contributed by atoms with Crippen LogP contribution in [-0.2, 0) is 10.0 Å². The average Bonchev–Trinajstić information content (AvgIpc) is 2.55. The summed E-state index contributed by atoms with van der Waals surface area (Å²) in [5, 5.41) is 9.22. The fraction of sp³-hybridized carbons (Fsp3) is 0.278. The van der Waals surface area contributed by atoms with Crippen molar-refractivity contribution >= 4 is 10.0 Å². The minimum atomic E-state index is -3.55. The summed E-state index contributed by atoms with van der Waals surface area (Å²) in [4.78, 5) is 0.218. The molecule has 4 nitrogen and oxygen atoms in total. The van der Waals surface area contributed by atoms with Crippen molar-refractivity contribution < 1.29 is 12.8 Å². The third kappa shape index (κ3) is 4.88. The van der Waals surface area contributed by atoms with E-state index >= 15 is 0 Å². The number of sulfonamides is 1. The molecule has 0 unspecified atom stereocenters. The quantitative estimate of drug-likeness (QED) is 0.780. The van der Waals surface area contributed by atoms with Crippen molar-refractivity contribution in [2.45, 2.75) is 30.6 Å². The van der Waals surface area contributed by atoms with Crippen molar-refractivity contribution in [3.05, 3.63) is 65.5 Å². The first-order chi connectivity index (χ1) is 11.4. The summed E-state index contributed by atoms with van der Waals surface area (Å²) in [5.74, 6) is -0.836. The highest BCUT2D eigenvalue weighted by Crippen LogP contribution is 2.21. The zero-order valence-electron chi connectivity index (χ0n) is 13.4. The molecule has 2 rings (SSSR count). The van der Waals surface area contributed by atoms with Gasteiger partial charge < -0.3 is 0 Å². The molecule has 0 spiro atoms. The molecule has 0 aliphatic carbocycles. The van der Waals surface area contributed by atoms with Gasteiger partial charge in [-0.3, -0.25) is 0 Å². The van der Waals surface area contributed by atoms with Crippen LogP contribution in [0.5, 0.6) is 0 Å². The van der Waals surface area contributed by atoms with E-state index in [1.165, 1.54) is 12.1 Å². The Bertz CT molecular complexity index is 827. The Morgan fingerprint density at radius 1 is 1.21 bits per heavy atom. The number of hydrogen-bond donors (Lipinski definition) is 1. The van der Waals surface area contributed by atoms with Crippen LogP contribution >= 0.6 is 0 Å². The lowest BCUT2D eigenvalue weighted by Crippen LogP contribution is -2.25. The van der Waals surface area contributed by atoms with Gasteiger partial charge in [0.2, 0.25) is 10.0 Å². The molecule has 0 bridgehead atoms. The molecular formula is C18H19FN2O2S. The van der Waals surface area contributed by atoms with Crippen molar-refractivity contribution in [2.24, 2.45) is 0 Å². The minimum Gasteiger partial charge on any atom is -0.211 e. The van der Waals surface area contributed by atoms with Crippen LogP contribution in [0.4, 0.5) is 4.39 Å². The predicted molar refractivity (Wildman–Crippen MR) is 90.4 cm³/mol. The van der Waals surface area contributed by atoms with Crippen LogP contribution < -0.4 is 4.72 Å².